The highest BCUT2D eigenvalue weighted by atomic mass is 31.2. The normalized spacial score (nSPS) is 15.1. The van der Waals surface area contributed by atoms with Gasteiger partial charge < -0.3 is 19.3 Å². The van der Waals surface area contributed by atoms with Crippen LogP contribution in [-0.4, -0.2) is 39.8 Å². The molecule has 0 aromatic carbocycles. The van der Waals surface area contributed by atoms with E-state index in [1.54, 1.807) is 27.7 Å². The van der Waals surface area contributed by atoms with Crippen molar-refractivity contribution in [2.45, 2.75) is 45.4 Å². The Morgan fingerprint density at radius 2 is 1.88 bits per heavy atom. The fraction of sp³-hybridized carbons (Fsp3) is 0.800. The van der Waals surface area contributed by atoms with Crippen LogP contribution in [0.25, 0.3) is 0 Å². The molecule has 0 aliphatic carbocycles. The van der Waals surface area contributed by atoms with Crippen LogP contribution < -0.4 is 0 Å². The van der Waals surface area contributed by atoms with Crippen LogP contribution in [0.5, 0.6) is 0 Å². The molecule has 0 saturated carbocycles. The Labute approximate surface area is 102 Å². The molecule has 0 fully saturated rings. The van der Waals surface area contributed by atoms with Gasteiger partial charge in [-0.1, -0.05) is 0 Å². The van der Waals surface area contributed by atoms with Crippen LogP contribution in [0.4, 0.5) is 0 Å². The number of hydrogen-bond donors (Lipinski definition) is 2. The summed E-state index contributed by atoms with van der Waals surface area (Å²) in [6, 6.07) is 0. The van der Waals surface area contributed by atoms with Gasteiger partial charge in [-0.05, 0) is 27.7 Å². The molecular weight excluding hydrogens is 247 g/mol. The van der Waals surface area contributed by atoms with Crippen LogP contribution in [0.15, 0.2) is 0 Å². The van der Waals surface area contributed by atoms with Gasteiger partial charge in [-0.3, -0.25) is 9.59 Å². The molecule has 7 heteroatoms. The molecule has 0 aliphatic rings. The predicted octanol–water partition coefficient (Wildman–Crippen LogP) is 1.51. The molecule has 0 aromatic heterocycles. The molecule has 0 rings (SSSR count). The molecule has 2 unspecified atom stereocenters. The minimum atomic E-state index is -2.12. The van der Waals surface area contributed by atoms with Crippen LogP contribution in [0.1, 0.15) is 34.1 Å². The molecule has 100 valence electrons. The van der Waals surface area contributed by atoms with E-state index in [-0.39, 0.29) is 6.61 Å². The van der Waals surface area contributed by atoms with Crippen molar-refractivity contribution >= 4 is 20.3 Å². The van der Waals surface area contributed by atoms with E-state index >= 15 is 0 Å². The van der Waals surface area contributed by atoms with E-state index in [0.29, 0.717) is 0 Å². The fourth-order valence-electron chi connectivity index (χ4n) is 1.01. The lowest BCUT2D eigenvalue weighted by Gasteiger charge is -2.25. The van der Waals surface area contributed by atoms with Crippen LogP contribution in [0.2, 0.25) is 0 Å². The van der Waals surface area contributed by atoms with E-state index in [9.17, 15) is 14.5 Å². The zero-order valence-corrected chi connectivity index (χ0v) is 11.4. The number of rotatable bonds is 6. The van der Waals surface area contributed by atoms with E-state index < -0.39 is 38.0 Å². The number of ether oxygens (including phenoxy) is 1. The fourth-order valence-corrected chi connectivity index (χ4v) is 2.00. The summed E-state index contributed by atoms with van der Waals surface area (Å²) in [7, 11) is -2.12. The highest BCUT2D eigenvalue weighted by molar-refractivity contribution is 7.48. The summed E-state index contributed by atoms with van der Waals surface area (Å²) in [5.74, 6) is -1.93. The average Bonchev–Trinajstić information content (AvgIpc) is 2.11. The van der Waals surface area contributed by atoms with Gasteiger partial charge in [0.15, 0.2) is 8.38 Å². The van der Waals surface area contributed by atoms with Gasteiger partial charge in [-0.15, -0.1) is 0 Å². The number of hydrogen-bond acceptors (Lipinski definition) is 5. The van der Waals surface area contributed by atoms with E-state index in [1.807, 2.05) is 0 Å². The lowest BCUT2D eigenvalue weighted by atomic mass is 10.2. The van der Waals surface area contributed by atoms with Crippen molar-refractivity contribution < 1.29 is 28.8 Å². The predicted molar refractivity (Wildman–Crippen MR) is 62.7 cm³/mol. The van der Waals surface area contributed by atoms with Crippen molar-refractivity contribution in [3.8, 4) is 0 Å². The number of carboxylic acids is 1. The van der Waals surface area contributed by atoms with E-state index in [4.69, 9.17) is 14.4 Å². The molecule has 2 atom stereocenters. The van der Waals surface area contributed by atoms with Gasteiger partial charge in [0.05, 0.1) is 13.0 Å². The van der Waals surface area contributed by atoms with Crippen LogP contribution >= 0.6 is 8.38 Å². The first kappa shape index (κ1) is 16.3. The van der Waals surface area contributed by atoms with E-state index in [0.717, 1.165) is 0 Å². The summed E-state index contributed by atoms with van der Waals surface area (Å²) >= 11 is 0. The SMILES string of the molecule is CCOP(O)C(CC(=O)O)C(=O)OC(C)(C)C. The van der Waals surface area contributed by atoms with Crippen LogP contribution in [0.3, 0.4) is 0 Å². The van der Waals surface area contributed by atoms with Crippen LogP contribution in [0, 0.1) is 0 Å². The van der Waals surface area contributed by atoms with Crippen molar-refractivity contribution in [1.82, 2.24) is 0 Å². The Kier molecular flexibility index (Phi) is 6.60. The van der Waals surface area contributed by atoms with Gasteiger partial charge in [-0.2, -0.15) is 0 Å². The maximum absolute atomic E-state index is 11.7. The molecule has 0 bridgehead atoms. The van der Waals surface area contributed by atoms with E-state index in [1.165, 1.54) is 0 Å². The van der Waals surface area contributed by atoms with Crippen LogP contribution in [-0.2, 0) is 18.8 Å². The summed E-state index contributed by atoms with van der Waals surface area (Å²) in [5, 5.41) is 8.68. The Morgan fingerprint density at radius 1 is 1.35 bits per heavy atom. The monoisotopic (exact) mass is 266 g/mol. The molecule has 6 nitrogen and oxygen atoms in total. The van der Waals surface area contributed by atoms with Crippen molar-refractivity contribution in [2.75, 3.05) is 6.61 Å². The van der Waals surface area contributed by atoms with Gasteiger partial charge in [0.25, 0.3) is 0 Å². The summed E-state index contributed by atoms with van der Waals surface area (Å²) in [6.07, 6.45) is -0.503. The molecule has 2 N–H and O–H groups in total. The highest BCUT2D eigenvalue weighted by Crippen LogP contribution is 2.40. The molecule has 17 heavy (non-hydrogen) atoms. The number of aliphatic carboxylic acids is 1. The number of esters is 1. The molecule has 0 saturated heterocycles. The highest BCUT2D eigenvalue weighted by Gasteiger charge is 2.34. The standard InChI is InChI=1S/C10H19O6P/c1-5-15-17(14)7(6-8(11)12)9(13)16-10(2,3)4/h7,14H,5-6H2,1-4H3,(H,11,12). The second-order valence-electron chi connectivity index (χ2n) is 4.37. The van der Waals surface area contributed by atoms with E-state index in [2.05, 4.69) is 0 Å². The van der Waals surface area contributed by atoms with Crippen molar-refractivity contribution in [3.63, 3.8) is 0 Å². The Balaban J connectivity index is 4.67. The Morgan fingerprint density at radius 3 is 2.24 bits per heavy atom. The number of carbonyl (C=O) groups is 2. The largest absolute Gasteiger partial charge is 0.481 e. The second-order valence-corrected chi connectivity index (χ2v) is 5.85. The van der Waals surface area contributed by atoms with Gasteiger partial charge in [0, 0.05) is 0 Å². The van der Waals surface area contributed by atoms with Gasteiger partial charge >= 0.3 is 11.9 Å². The molecular formula is C10H19O6P. The molecule has 0 aromatic rings. The zero-order valence-electron chi connectivity index (χ0n) is 10.5. The topological polar surface area (TPSA) is 93.1 Å². The summed E-state index contributed by atoms with van der Waals surface area (Å²) in [5.41, 5.74) is -1.88. The summed E-state index contributed by atoms with van der Waals surface area (Å²) < 4.78 is 9.94. The first-order valence-corrected chi connectivity index (χ1v) is 6.51. The van der Waals surface area contributed by atoms with Crippen molar-refractivity contribution in [1.29, 1.82) is 0 Å². The second kappa shape index (κ2) is 6.89. The van der Waals surface area contributed by atoms with Gasteiger partial charge in [0.1, 0.15) is 11.3 Å². The van der Waals surface area contributed by atoms with Gasteiger partial charge in [0.2, 0.25) is 0 Å². The smallest absolute Gasteiger partial charge is 0.319 e. The quantitative estimate of drug-likeness (QED) is 0.559. The minimum Gasteiger partial charge on any atom is -0.481 e. The maximum atomic E-state index is 11.7. The molecule has 0 amide bonds. The molecule has 0 spiro atoms. The third-order valence-corrected chi connectivity index (χ3v) is 3.02. The first-order valence-electron chi connectivity index (χ1n) is 5.23. The van der Waals surface area contributed by atoms with Gasteiger partial charge in [-0.25, -0.2) is 0 Å². The summed E-state index contributed by atoms with van der Waals surface area (Å²) in [4.78, 5) is 31.9. The zero-order chi connectivity index (χ0) is 13.6. The van der Waals surface area contributed by atoms with Crippen molar-refractivity contribution in [3.05, 3.63) is 0 Å². The number of carboxylic acid groups (broad SMARTS) is 1. The summed E-state index contributed by atoms with van der Waals surface area (Å²) in [6.45, 7) is 6.87. The Bertz CT molecular complexity index is 272. The molecule has 0 heterocycles. The Hall–Kier alpha value is -0.710. The lowest BCUT2D eigenvalue weighted by molar-refractivity contribution is -0.156. The third-order valence-electron chi connectivity index (χ3n) is 1.57. The lowest BCUT2D eigenvalue weighted by Crippen LogP contribution is -2.32. The third kappa shape index (κ3) is 7.26. The molecule has 0 radical (unpaired) electrons. The average molecular weight is 266 g/mol. The maximum Gasteiger partial charge on any atom is 0.319 e. The molecule has 0 aliphatic heterocycles. The van der Waals surface area contributed by atoms with Crippen molar-refractivity contribution in [2.24, 2.45) is 0 Å². The number of carbonyl (C=O) groups excluding carboxylic acids is 1. The minimum absolute atomic E-state index is 0.209. The first-order chi connectivity index (χ1) is 7.67.